The van der Waals surface area contributed by atoms with Gasteiger partial charge in [0, 0.05) is 41.2 Å². The summed E-state index contributed by atoms with van der Waals surface area (Å²) in [5.41, 5.74) is 5.00. The smallest absolute Gasteiger partial charge is 0.267 e. The third-order valence-electron chi connectivity index (χ3n) is 5.54. The predicted molar refractivity (Wildman–Crippen MR) is 114 cm³/mol. The fourth-order valence-corrected chi connectivity index (χ4v) is 3.90. The maximum Gasteiger partial charge on any atom is 0.267 e. The van der Waals surface area contributed by atoms with Gasteiger partial charge in [0.1, 0.15) is 17.1 Å². The molecule has 0 aliphatic carbocycles. The fourth-order valence-electron chi connectivity index (χ4n) is 3.90. The highest BCUT2D eigenvalue weighted by Crippen LogP contribution is 2.25. The van der Waals surface area contributed by atoms with Crippen LogP contribution >= 0.6 is 0 Å². The van der Waals surface area contributed by atoms with Crippen molar-refractivity contribution in [2.24, 2.45) is 0 Å². The van der Waals surface area contributed by atoms with E-state index < -0.39 is 0 Å². The van der Waals surface area contributed by atoms with Crippen molar-refractivity contribution in [3.63, 3.8) is 0 Å². The van der Waals surface area contributed by atoms with E-state index >= 15 is 0 Å². The number of carbonyl (C=O) groups excluding carboxylic acids is 2. The molecule has 6 heteroatoms. The van der Waals surface area contributed by atoms with Gasteiger partial charge in [-0.1, -0.05) is 47.1 Å². The second-order valence-electron chi connectivity index (χ2n) is 7.71. The summed E-state index contributed by atoms with van der Waals surface area (Å²) in [4.78, 5) is 25.1. The fraction of sp³-hybridized carbons (Fsp3) is 0.208. The minimum Gasteiger partial charge on any atom is -0.360 e. The number of ketones is 1. The Hall–Kier alpha value is -3.67. The number of hydrogen-bond donors (Lipinski definition) is 1. The number of nitrogens with one attached hydrogen (secondary N) is 1. The molecule has 2 aromatic carbocycles. The molecule has 0 fully saturated rings. The lowest BCUT2D eigenvalue weighted by atomic mass is 10.0. The van der Waals surface area contributed by atoms with Gasteiger partial charge >= 0.3 is 0 Å². The molecule has 6 nitrogen and oxygen atoms in total. The monoisotopic (exact) mass is 399 g/mol. The molecule has 0 spiro atoms. The maximum atomic E-state index is 12.9. The minimum atomic E-state index is -0.0677. The first kappa shape index (κ1) is 18.4. The van der Waals surface area contributed by atoms with Crippen molar-refractivity contribution >= 4 is 22.6 Å². The maximum absolute atomic E-state index is 12.9. The van der Waals surface area contributed by atoms with Crippen LogP contribution in [0.4, 0.5) is 0 Å². The first-order valence-corrected chi connectivity index (χ1v) is 10.1. The van der Waals surface area contributed by atoms with E-state index in [1.807, 2.05) is 60.0 Å². The minimum absolute atomic E-state index is 0.0443. The van der Waals surface area contributed by atoms with E-state index in [0.717, 1.165) is 35.1 Å². The Labute approximate surface area is 173 Å². The molecule has 0 bridgehead atoms. The molecule has 0 saturated carbocycles. The SMILES string of the molecule is Cc1ccc(-c2cc(CC(=O)c3ccc4cc5n(c4c3)CCCNC5=O)on2)cc1. The lowest BCUT2D eigenvalue weighted by Crippen LogP contribution is -2.22. The van der Waals surface area contributed by atoms with Crippen molar-refractivity contribution in [2.45, 2.75) is 26.3 Å². The molecule has 150 valence electrons. The Morgan fingerprint density at radius 1 is 1.13 bits per heavy atom. The number of benzene rings is 2. The van der Waals surface area contributed by atoms with Crippen molar-refractivity contribution < 1.29 is 14.1 Å². The molecule has 5 rings (SSSR count). The number of amides is 1. The lowest BCUT2D eigenvalue weighted by molar-refractivity contribution is 0.0949. The van der Waals surface area contributed by atoms with E-state index in [9.17, 15) is 9.59 Å². The third-order valence-corrected chi connectivity index (χ3v) is 5.54. The molecule has 4 aromatic rings. The quantitative estimate of drug-likeness (QED) is 0.523. The summed E-state index contributed by atoms with van der Waals surface area (Å²) in [5, 5.41) is 7.97. The summed E-state index contributed by atoms with van der Waals surface area (Å²) < 4.78 is 7.40. The van der Waals surface area contributed by atoms with Gasteiger partial charge in [0.05, 0.1) is 6.42 Å². The predicted octanol–water partition coefficient (Wildman–Crippen LogP) is 4.16. The molecule has 1 N–H and O–H groups in total. The van der Waals surface area contributed by atoms with E-state index in [4.69, 9.17) is 4.52 Å². The van der Waals surface area contributed by atoms with Crippen LogP contribution in [0.3, 0.4) is 0 Å². The number of carbonyl (C=O) groups is 2. The molecule has 0 saturated heterocycles. The van der Waals surface area contributed by atoms with Crippen LogP contribution in [-0.4, -0.2) is 28.0 Å². The molecular formula is C24H21N3O3. The van der Waals surface area contributed by atoms with Gasteiger partial charge in [0.15, 0.2) is 5.78 Å². The summed E-state index contributed by atoms with van der Waals surface area (Å²) in [7, 11) is 0. The van der Waals surface area contributed by atoms with Gasteiger partial charge in [0.25, 0.3) is 5.91 Å². The van der Waals surface area contributed by atoms with E-state index in [0.29, 0.717) is 23.6 Å². The van der Waals surface area contributed by atoms with Gasteiger partial charge in [-0.2, -0.15) is 0 Å². The van der Waals surface area contributed by atoms with Crippen LogP contribution in [0.15, 0.2) is 59.1 Å². The van der Waals surface area contributed by atoms with Crippen LogP contribution in [0.1, 0.15) is 38.6 Å². The van der Waals surface area contributed by atoms with Crippen molar-refractivity contribution in [1.82, 2.24) is 15.0 Å². The summed E-state index contributed by atoms with van der Waals surface area (Å²) >= 11 is 0. The molecule has 0 atom stereocenters. The van der Waals surface area contributed by atoms with Gasteiger partial charge in [-0.3, -0.25) is 9.59 Å². The first-order valence-electron chi connectivity index (χ1n) is 10.1. The zero-order valence-electron chi connectivity index (χ0n) is 16.6. The highest BCUT2D eigenvalue weighted by molar-refractivity contribution is 6.03. The van der Waals surface area contributed by atoms with Crippen LogP contribution in [-0.2, 0) is 13.0 Å². The number of aromatic nitrogens is 2. The summed E-state index contributed by atoms with van der Waals surface area (Å²) in [6.07, 6.45) is 0.999. The second kappa shape index (κ2) is 7.30. The van der Waals surface area contributed by atoms with Gasteiger partial charge in [-0.25, -0.2) is 0 Å². The second-order valence-corrected chi connectivity index (χ2v) is 7.71. The zero-order valence-corrected chi connectivity index (χ0v) is 16.6. The Morgan fingerprint density at radius 2 is 1.97 bits per heavy atom. The van der Waals surface area contributed by atoms with Crippen molar-refractivity contribution in [3.8, 4) is 11.3 Å². The largest absolute Gasteiger partial charge is 0.360 e. The summed E-state index contributed by atoms with van der Waals surface area (Å²) in [6.45, 7) is 3.44. The molecule has 2 aromatic heterocycles. The van der Waals surface area contributed by atoms with Gasteiger partial charge in [-0.15, -0.1) is 0 Å². The lowest BCUT2D eigenvalue weighted by Gasteiger charge is -2.06. The average molecular weight is 399 g/mol. The molecule has 30 heavy (non-hydrogen) atoms. The molecule has 1 aliphatic heterocycles. The van der Waals surface area contributed by atoms with Gasteiger partial charge < -0.3 is 14.4 Å². The Bertz CT molecular complexity index is 1260. The normalized spacial score (nSPS) is 13.7. The molecule has 1 amide bonds. The Kier molecular flexibility index (Phi) is 4.47. The number of nitrogens with zero attached hydrogens (tertiary/aromatic N) is 2. The van der Waals surface area contributed by atoms with Gasteiger partial charge in [-0.05, 0) is 25.5 Å². The number of aryl methyl sites for hydroxylation is 2. The number of hydrogen-bond acceptors (Lipinski definition) is 4. The number of Topliss-reactive ketones (excluding diaryl/α,β-unsaturated/α-hetero) is 1. The molecular weight excluding hydrogens is 378 g/mol. The average Bonchev–Trinajstić information content (AvgIpc) is 3.31. The Balaban J connectivity index is 1.41. The number of rotatable bonds is 4. The number of fused-ring (bicyclic) bond motifs is 3. The van der Waals surface area contributed by atoms with E-state index in [-0.39, 0.29) is 18.1 Å². The van der Waals surface area contributed by atoms with Crippen LogP contribution in [0.25, 0.3) is 22.2 Å². The van der Waals surface area contributed by atoms with E-state index in [1.54, 1.807) is 6.07 Å². The van der Waals surface area contributed by atoms with Gasteiger partial charge in [0.2, 0.25) is 0 Å². The zero-order chi connectivity index (χ0) is 20.7. The molecule has 1 aliphatic rings. The first-order chi connectivity index (χ1) is 14.6. The third kappa shape index (κ3) is 3.30. The van der Waals surface area contributed by atoms with Crippen molar-refractivity contribution in [1.29, 1.82) is 0 Å². The molecule has 3 heterocycles. The topological polar surface area (TPSA) is 77.1 Å². The highest BCUT2D eigenvalue weighted by Gasteiger charge is 2.20. The van der Waals surface area contributed by atoms with Crippen LogP contribution in [0.2, 0.25) is 0 Å². The van der Waals surface area contributed by atoms with E-state index in [2.05, 4.69) is 10.5 Å². The molecule has 0 radical (unpaired) electrons. The van der Waals surface area contributed by atoms with Crippen LogP contribution in [0, 0.1) is 6.92 Å². The van der Waals surface area contributed by atoms with Crippen LogP contribution < -0.4 is 5.32 Å². The summed E-state index contributed by atoms with van der Waals surface area (Å²) in [5.74, 6) is 0.419. The standard InChI is InChI=1S/C24H21N3O3/c1-15-3-5-16(6-4-15)20-13-19(30-26-20)14-23(28)18-8-7-17-11-22-24(29)25-9-2-10-27(22)21(17)12-18/h3-8,11-13H,2,9-10,14H2,1H3,(H,25,29). The van der Waals surface area contributed by atoms with Crippen molar-refractivity contribution in [2.75, 3.05) is 6.54 Å². The summed E-state index contributed by atoms with van der Waals surface area (Å²) in [6, 6.07) is 17.3. The van der Waals surface area contributed by atoms with Crippen LogP contribution in [0.5, 0.6) is 0 Å². The van der Waals surface area contributed by atoms with E-state index in [1.165, 1.54) is 5.56 Å². The van der Waals surface area contributed by atoms with Crippen molar-refractivity contribution in [3.05, 3.63) is 77.2 Å². The Morgan fingerprint density at radius 3 is 2.80 bits per heavy atom. The highest BCUT2D eigenvalue weighted by atomic mass is 16.5. The molecule has 0 unspecified atom stereocenters.